The van der Waals surface area contributed by atoms with Crippen LogP contribution in [0.2, 0.25) is 0 Å². The maximum Gasteiger partial charge on any atom is 0.323 e. The van der Waals surface area contributed by atoms with E-state index < -0.39 is 18.5 Å². The normalized spacial score (nSPS) is 10.2. The first kappa shape index (κ1) is 18.2. The maximum absolute atomic E-state index is 12.1. The predicted octanol–water partition coefficient (Wildman–Crippen LogP) is -0.404. The lowest BCUT2D eigenvalue weighted by atomic mass is 10.3. The summed E-state index contributed by atoms with van der Waals surface area (Å²) < 4.78 is 4.79. The molecule has 0 spiro atoms. The van der Waals surface area contributed by atoms with Gasteiger partial charge in [-0.25, -0.2) is 4.79 Å². The van der Waals surface area contributed by atoms with Crippen LogP contribution in [0, 0.1) is 0 Å². The second kappa shape index (κ2) is 9.13. The molecule has 0 radical (unpaired) electrons. The number of rotatable bonds is 8. The Hall–Kier alpha value is -1.83. The first-order valence-electron chi connectivity index (χ1n) is 6.28. The van der Waals surface area contributed by atoms with Crippen LogP contribution in [0.25, 0.3) is 0 Å². The van der Waals surface area contributed by atoms with Crippen LogP contribution in [-0.4, -0.2) is 79.3 Å². The molecule has 2 N–H and O–H groups in total. The summed E-state index contributed by atoms with van der Waals surface area (Å²) in [6.07, 6.45) is 0. The van der Waals surface area contributed by atoms with Crippen molar-refractivity contribution in [1.29, 1.82) is 0 Å². The molecule has 0 aromatic rings. The van der Waals surface area contributed by atoms with Gasteiger partial charge >= 0.3 is 12.0 Å². The number of carboxylic acid groups (broad SMARTS) is 1. The van der Waals surface area contributed by atoms with Crippen LogP contribution in [0.3, 0.4) is 0 Å². The molecule has 0 rings (SSSR count). The zero-order valence-corrected chi connectivity index (χ0v) is 12.4. The summed E-state index contributed by atoms with van der Waals surface area (Å²) in [5.74, 6) is -1.41. The van der Waals surface area contributed by atoms with Crippen molar-refractivity contribution in [2.24, 2.45) is 0 Å². The third-order valence-electron chi connectivity index (χ3n) is 2.51. The molecule has 0 aromatic heterocycles. The van der Waals surface area contributed by atoms with E-state index in [4.69, 9.17) is 9.84 Å². The number of likely N-dealkylation sites (N-methyl/N-ethyl adjacent to an activating group) is 1. The molecule has 0 fully saturated rings. The zero-order valence-electron chi connectivity index (χ0n) is 12.4. The Labute approximate surface area is 118 Å². The van der Waals surface area contributed by atoms with E-state index in [1.165, 1.54) is 24.0 Å². The van der Waals surface area contributed by atoms with Gasteiger partial charge in [0.05, 0.1) is 6.61 Å². The smallest absolute Gasteiger partial charge is 0.323 e. The molecule has 0 aliphatic carbocycles. The number of carbonyl (C=O) groups is 3. The summed E-state index contributed by atoms with van der Waals surface area (Å²) in [4.78, 5) is 36.7. The standard InChI is InChI=1S/C12H23N3O5/c1-9(2)15(8-11(17)18)12(19)14(3)7-10(16)13-5-6-20-4/h9H,5-8H2,1-4H3,(H,13,16)(H,17,18). The summed E-state index contributed by atoms with van der Waals surface area (Å²) in [6.45, 7) is 3.65. The van der Waals surface area contributed by atoms with Crippen molar-refractivity contribution in [2.75, 3.05) is 40.4 Å². The Morgan fingerprint density at radius 3 is 2.30 bits per heavy atom. The number of aliphatic carboxylic acids is 1. The molecule has 0 unspecified atom stereocenters. The second-order valence-electron chi connectivity index (χ2n) is 4.60. The van der Waals surface area contributed by atoms with Gasteiger partial charge in [-0.15, -0.1) is 0 Å². The maximum atomic E-state index is 12.1. The highest BCUT2D eigenvalue weighted by Gasteiger charge is 2.24. The number of amides is 3. The quantitative estimate of drug-likeness (QED) is 0.592. The van der Waals surface area contributed by atoms with E-state index in [9.17, 15) is 14.4 Å². The van der Waals surface area contributed by atoms with Gasteiger partial charge in [-0.3, -0.25) is 9.59 Å². The lowest BCUT2D eigenvalue weighted by Gasteiger charge is -2.29. The van der Waals surface area contributed by atoms with Gasteiger partial charge in [-0.2, -0.15) is 0 Å². The van der Waals surface area contributed by atoms with Crippen LogP contribution < -0.4 is 5.32 Å². The van der Waals surface area contributed by atoms with Gasteiger partial charge in [0.1, 0.15) is 13.1 Å². The molecule has 20 heavy (non-hydrogen) atoms. The molecule has 0 bridgehead atoms. The third kappa shape index (κ3) is 6.93. The molecule has 0 heterocycles. The van der Waals surface area contributed by atoms with Crippen LogP contribution >= 0.6 is 0 Å². The van der Waals surface area contributed by atoms with E-state index in [0.717, 1.165) is 0 Å². The van der Waals surface area contributed by atoms with Gasteiger partial charge in [0, 0.05) is 26.7 Å². The minimum atomic E-state index is -1.09. The first-order chi connectivity index (χ1) is 9.29. The number of methoxy groups -OCH3 is 1. The summed E-state index contributed by atoms with van der Waals surface area (Å²) in [7, 11) is 2.98. The van der Waals surface area contributed by atoms with Crippen LogP contribution in [0.4, 0.5) is 4.79 Å². The lowest BCUT2D eigenvalue weighted by Crippen LogP contribution is -2.49. The molecule has 0 atom stereocenters. The molecule has 0 aliphatic rings. The van der Waals surface area contributed by atoms with Crippen LogP contribution in [0.5, 0.6) is 0 Å². The monoisotopic (exact) mass is 289 g/mol. The Balaban J connectivity index is 4.42. The summed E-state index contributed by atoms with van der Waals surface area (Å²) >= 11 is 0. The van der Waals surface area contributed by atoms with Crippen molar-refractivity contribution in [2.45, 2.75) is 19.9 Å². The molecule has 0 saturated carbocycles. The molecule has 116 valence electrons. The number of nitrogens with one attached hydrogen (secondary N) is 1. The Bertz CT molecular complexity index is 346. The molecule has 0 aromatic carbocycles. The number of ether oxygens (including phenoxy) is 1. The first-order valence-corrected chi connectivity index (χ1v) is 6.28. The number of carboxylic acids is 1. The average Bonchev–Trinajstić information content (AvgIpc) is 2.34. The molecule has 0 saturated heterocycles. The van der Waals surface area contributed by atoms with Crippen molar-refractivity contribution in [3.8, 4) is 0 Å². The van der Waals surface area contributed by atoms with Crippen LogP contribution in [0.15, 0.2) is 0 Å². The number of hydrogen-bond acceptors (Lipinski definition) is 4. The fourth-order valence-electron chi connectivity index (χ4n) is 1.47. The van der Waals surface area contributed by atoms with Gasteiger partial charge in [0.15, 0.2) is 0 Å². The SMILES string of the molecule is COCCNC(=O)CN(C)C(=O)N(CC(=O)O)C(C)C. The van der Waals surface area contributed by atoms with Crippen LogP contribution in [0.1, 0.15) is 13.8 Å². The number of hydrogen-bond donors (Lipinski definition) is 2. The minimum Gasteiger partial charge on any atom is -0.480 e. The Morgan fingerprint density at radius 1 is 1.25 bits per heavy atom. The highest BCUT2D eigenvalue weighted by Crippen LogP contribution is 2.03. The third-order valence-corrected chi connectivity index (χ3v) is 2.51. The van der Waals surface area contributed by atoms with E-state index in [0.29, 0.717) is 13.2 Å². The fourth-order valence-corrected chi connectivity index (χ4v) is 1.47. The van der Waals surface area contributed by atoms with E-state index in [1.807, 2.05) is 0 Å². The topological polar surface area (TPSA) is 99.2 Å². The van der Waals surface area contributed by atoms with E-state index >= 15 is 0 Å². The molecular weight excluding hydrogens is 266 g/mol. The van der Waals surface area contributed by atoms with Crippen molar-refractivity contribution < 1.29 is 24.2 Å². The number of urea groups is 1. The van der Waals surface area contributed by atoms with Gasteiger partial charge in [0.2, 0.25) is 5.91 Å². The molecular formula is C12H23N3O5. The van der Waals surface area contributed by atoms with E-state index in [2.05, 4.69) is 5.32 Å². The minimum absolute atomic E-state index is 0.134. The number of carbonyl (C=O) groups excluding carboxylic acids is 2. The summed E-state index contributed by atoms with van der Waals surface area (Å²) in [5.41, 5.74) is 0. The van der Waals surface area contributed by atoms with Gasteiger partial charge in [-0.05, 0) is 13.8 Å². The molecule has 8 nitrogen and oxygen atoms in total. The second-order valence-corrected chi connectivity index (χ2v) is 4.60. The van der Waals surface area contributed by atoms with Gasteiger partial charge < -0.3 is 25.0 Å². The van der Waals surface area contributed by atoms with Crippen molar-refractivity contribution >= 4 is 17.9 Å². The number of nitrogens with zero attached hydrogens (tertiary/aromatic N) is 2. The van der Waals surface area contributed by atoms with Crippen LogP contribution in [-0.2, 0) is 14.3 Å². The van der Waals surface area contributed by atoms with Gasteiger partial charge in [0.25, 0.3) is 0 Å². The van der Waals surface area contributed by atoms with Crippen molar-refractivity contribution in [3.63, 3.8) is 0 Å². The predicted molar refractivity (Wildman–Crippen MR) is 72.4 cm³/mol. The lowest BCUT2D eigenvalue weighted by molar-refractivity contribution is -0.138. The molecule has 8 heteroatoms. The Morgan fingerprint density at radius 2 is 1.85 bits per heavy atom. The summed E-state index contributed by atoms with van der Waals surface area (Å²) in [5, 5.41) is 11.4. The van der Waals surface area contributed by atoms with Gasteiger partial charge in [-0.1, -0.05) is 0 Å². The highest BCUT2D eigenvalue weighted by atomic mass is 16.5. The Kier molecular flexibility index (Phi) is 8.30. The summed E-state index contributed by atoms with van der Waals surface area (Å²) in [6, 6.07) is -0.762. The van der Waals surface area contributed by atoms with E-state index in [1.54, 1.807) is 13.8 Å². The van der Waals surface area contributed by atoms with Crippen molar-refractivity contribution in [3.05, 3.63) is 0 Å². The largest absolute Gasteiger partial charge is 0.480 e. The molecule has 3 amide bonds. The van der Waals surface area contributed by atoms with E-state index in [-0.39, 0.29) is 18.5 Å². The molecule has 0 aliphatic heterocycles. The zero-order chi connectivity index (χ0) is 15.7. The highest BCUT2D eigenvalue weighted by molar-refractivity contribution is 5.85. The average molecular weight is 289 g/mol. The van der Waals surface area contributed by atoms with Crippen molar-refractivity contribution in [1.82, 2.24) is 15.1 Å². The fraction of sp³-hybridized carbons (Fsp3) is 0.750.